The molecule has 0 spiro atoms. The van der Waals surface area contributed by atoms with Crippen molar-refractivity contribution in [3.8, 4) is 5.75 Å². The molecule has 0 aliphatic carbocycles. The van der Waals surface area contributed by atoms with Crippen molar-refractivity contribution < 1.29 is 33.6 Å². The molecule has 4 N–H and O–H groups in total. The molecule has 0 bridgehead atoms. The topological polar surface area (TPSA) is 146 Å². The number of aliphatic hydroxyl groups excluding tert-OH is 2. The summed E-state index contributed by atoms with van der Waals surface area (Å²) in [7, 11) is 1.54. The maximum atomic E-state index is 12.4. The van der Waals surface area contributed by atoms with Crippen molar-refractivity contribution in [1.29, 1.82) is 0 Å². The minimum absolute atomic E-state index is 0.178. The quantitative estimate of drug-likeness (QED) is 0.455. The van der Waals surface area contributed by atoms with E-state index in [9.17, 15) is 19.8 Å². The Balaban J connectivity index is 2.29. The molecule has 1 heterocycles. The zero-order valence-corrected chi connectivity index (χ0v) is 17.1. The number of ether oxygens (including phenoxy) is 3. The van der Waals surface area contributed by atoms with Gasteiger partial charge in [-0.05, 0) is 19.9 Å². The molecule has 162 valence electrons. The van der Waals surface area contributed by atoms with Gasteiger partial charge in [-0.25, -0.2) is 9.59 Å². The summed E-state index contributed by atoms with van der Waals surface area (Å²) in [5, 5.41) is 18.6. The number of hydrogen-bond acceptors (Lipinski definition) is 9. The number of nitrogens with zero attached hydrogens (tertiary/aromatic N) is 1. The molecule has 0 radical (unpaired) electrons. The van der Waals surface area contributed by atoms with E-state index in [0.717, 1.165) is 4.57 Å². The average molecular weight is 433 g/mol. The number of esters is 1. The van der Waals surface area contributed by atoms with Gasteiger partial charge in [0.2, 0.25) is 0 Å². The SMILES string of the molecule is COCC(C)Oc1cc2oc(=O)n(C(C)C(=O)OCC(N)(CO)CO)c2cc1Cl. The first kappa shape index (κ1) is 23.2. The summed E-state index contributed by atoms with van der Waals surface area (Å²) < 4.78 is 22.0. The van der Waals surface area contributed by atoms with E-state index in [2.05, 4.69) is 0 Å². The number of halogens is 1. The predicted octanol–water partition coefficient (Wildman–Crippen LogP) is 0.448. The van der Waals surface area contributed by atoms with Crippen LogP contribution in [-0.4, -0.2) is 65.9 Å². The molecule has 2 unspecified atom stereocenters. The average Bonchev–Trinajstić information content (AvgIpc) is 3.00. The number of nitrogens with two attached hydrogens (primary N) is 1. The lowest BCUT2D eigenvalue weighted by Gasteiger charge is -2.24. The minimum atomic E-state index is -1.48. The van der Waals surface area contributed by atoms with Gasteiger partial charge in [0.25, 0.3) is 0 Å². The Kier molecular flexibility index (Phi) is 7.66. The van der Waals surface area contributed by atoms with Crippen LogP contribution in [0.25, 0.3) is 11.1 Å². The third kappa shape index (κ3) is 5.28. The van der Waals surface area contributed by atoms with Gasteiger partial charge in [0.1, 0.15) is 24.5 Å². The molecule has 0 aliphatic heterocycles. The lowest BCUT2D eigenvalue weighted by Crippen LogP contribution is -2.52. The van der Waals surface area contributed by atoms with Gasteiger partial charge in [0.05, 0.1) is 35.9 Å². The molecular weight excluding hydrogens is 408 g/mol. The largest absolute Gasteiger partial charge is 0.487 e. The predicted molar refractivity (Wildman–Crippen MR) is 104 cm³/mol. The highest BCUT2D eigenvalue weighted by molar-refractivity contribution is 6.32. The number of carbonyl (C=O) groups excluding carboxylic acids is 1. The third-order valence-electron chi connectivity index (χ3n) is 4.26. The van der Waals surface area contributed by atoms with E-state index in [1.807, 2.05) is 0 Å². The van der Waals surface area contributed by atoms with Crippen molar-refractivity contribution in [1.82, 2.24) is 4.57 Å². The van der Waals surface area contributed by atoms with E-state index in [1.54, 1.807) is 14.0 Å². The number of rotatable bonds is 10. The van der Waals surface area contributed by atoms with Gasteiger partial charge in [-0.3, -0.25) is 4.57 Å². The second-order valence-electron chi connectivity index (χ2n) is 6.83. The summed E-state index contributed by atoms with van der Waals surface area (Å²) in [6.45, 7) is 1.98. The van der Waals surface area contributed by atoms with Crippen LogP contribution in [0.2, 0.25) is 5.02 Å². The van der Waals surface area contributed by atoms with Crippen molar-refractivity contribution in [2.24, 2.45) is 5.73 Å². The van der Waals surface area contributed by atoms with E-state index in [0.29, 0.717) is 12.4 Å². The highest BCUT2D eigenvalue weighted by Crippen LogP contribution is 2.31. The summed E-state index contributed by atoms with van der Waals surface area (Å²) in [5.41, 5.74) is 4.65. The van der Waals surface area contributed by atoms with Crippen LogP contribution in [0.15, 0.2) is 21.3 Å². The van der Waals surface area contributed by atoms with Crippen molar-refractivity contribution in [2.75, 3.05) is 33.5 Å². The Labute approximate surface area is 171 Å². The highest BCUT2D eigenvalue weighted by atomic mass is 35.5. The van der Waals surface area contributed by atoms with Gasteiger partial charge < -0.3 is 34.6 Å². The van der Waals surface area contributed by atoms with Crippen LogP contribution in [0.3, 0.4) is 0 Å². The van der Waals surface area contributed by atoms with E-state index < -0.39 is 43.1 Å². The molecule has 1 aromatic carbocycles. The molecule has 10 nitrogen and oxygen atoms in total. The fourth-order valence-electron chi connectivity index (χ4n) is 2.56. The van der Waals surface area contributed by atoms with Gasteiger partial charge >= 0.3 is 11.7 Å². The van der Waals surface area contributed by atoms with Crippen molar-refractivity contribution in [3.63, 3.8) is 0 Å². The molecule has 11 heteroatoms. The zero-order valence-electron chi connectivity index (χ0n) is 16.4. The summed E-state index contributed by atoms with van der Waals surface area (Å²) >= 11 is 6.26. The van der Waals surface area contributed by atoms with E-state index in [4.69, 9.17) is 36.0 Å². The second kappa shape index (κ2) is 9.59. The van der Waals surface area contributed by atoms with Crippen molar-refractivity contribution >= 4 is 28.7 Å². The van der Waals surface area contributed by atoms with Gasteiger partial charge in [-0.15, -0.1) is 0 Å². The normalized spacial score (nSPS) is 14.0. The number of carbonyl (C=O) groups is 1. The molecule has 2 atom stereocenters. The third-order valence-corrected chi connectivity index (χ3v) is 4.55. The number of fused-ring (bicyclic) bond motifs is 1. The lowest BCUT2D eigenvalue weighted by atomic mass is 10.1. The van der Waals surface area contributed by atoms with Crippen LogP contribution in [-0.2, 0) is 14.3 Å². The molecule has 0 fully saturated rings. The van der Waals surface area contributed by atoms with E-state index >= 15 is 0 Å². The molecular formula is C18H25ClN2O8. The molecule has 2 aromatic rings. The molecule has 0 amide bonds. The number of hydrogen-bond donors (Lipinski definition) is 3. The van der Waals surface area contributed by atoms with Gasteiger partial charge in [-0.1, -0.05) is 11.6 Å². The minimum Gasteiger partial charge on any atom is -0.487 e. The highest BCUT2D eigenvalue weighted by Gasteiger charge is 2.29. The molecule has 0 aliphatic rings. The summed E-state index contributed by atoms with van der Waals surface area (Å²) in [6, 6.07) is 1.85. The Morgan fingerprint density at radius 1 is 1.34 bits per heavy atom. The lowest BCUT2D eigenvalue weighted by molar-refractivity contribution is -0.150. The molecule has 2 rings (SSSR count). The summed E-state index contributed by atoms with van der Waals surface area (Å²) in [4.78, 5) is 24.7. The van der Waals surface area contributed by atoms with E-state index in [1.165, 1.54) is 19.1 Å². The van der Waals surface area contributed by atoms with Crippen LogP contribution < -0.4 is 16.2 Å². The number of methoxy groups -OCH3 is 1. The molecule has 1 aromatic heterocycles. The van der Waals surface area contributed by atoms with Crippen LogP contribution in [0.5, 0.6) is 5.75 Å². The van der Waals surface area contributed by atoms with E-state index in [-0.39, 0.29) is 22.2 Å². The second-order valence-corrected chi connectivity index (χ2v) is 7.24. The fraction of sp³-hybridized carbons (Fsp3) is 0.556. The smallest absolute Gasteiger partial charge is 0.420 e. The number of aliphatic hydroxyl groups is 2. The molecule has 0 saturated carbocycles. The maximum absolute atomic E-state index is 12.4. The van der Waals surface area contributed by atoms with Gasteiger partial charge in [0.15, 0.2) is 5.58 Å². The van der Waals surface area contributed by atoms with Crippen LogP contribution >= 0.6 is 11.6 Å². The molecule has 0 saturated heterocycles. The standard InChI is InChI=1S/C18H25ClN2O8/c1-10(6-26-3)28-14-5-15-13(4-12(14)19)21(17(25)29-15)11(2)16(24)27-9-18(20,7-22)8-23/h4-5,10-11,22-23H,6-9,20H2,1-3H3. The summed E-state index contributed by atoms with van der Waals surface area (Å²) in [5.74, 6) is -1.28. The molecule has 29 heavy (non-hydrogen) atoms. The van der Waals surface area contributed by atoms with Crippen molar-refractivity contribution in [2.45, 2.75) is 31.5 Å². The Bertz CT molecular complexity index is 905. The zero-order chi connectivity index (χ0) is 21.8. The fourth-order valence-corrected chi connectivity index (χ4v) is 2.76. The van der Waals surface area contributed by atoms with Gasteiger partial charge in [0, 0.05) is 13.2 Å². The number of aromatic nitrogens is 1. The van der Waals surface area contributed by atoms with Crippen molar-refractivity contribution in [3.05, 3.63) is 27.7 Å². The van der Waals surface area contributed by atoms with Crippen LogP contribution in [0.1, 0.15) is 19.9 Å². The van der Waals surface area contributed by atoms with Crippen LogP contribution in [0.4, 0.5) is 0 Å². The first-order chi connectivity index (χ1) is 13.7. The Hall–Kier alpha value is -2.11. The summed E-state index contributed by atoms with van der Waals surface area (Å²) in [6.07, 6.45) is -0.285. The van der Waals surface area contributed by atoms with Crippen LogP contribution in [0, 0.1) is 0 Å². The number of benzene rings is 1. The Morgan fingerprint density at radius 3 is 2.59 bits per heavy atom. The van der Waals surface area contributed by atoms with Gasteiger partial charge in [-0.2, -0.15) is 0 Å². The first-order valence-corrected chi connectivity index (χ1v) is 9.21. The number of oxazole rings is 1. The Morgan fingerprint density at radius 2 is 2.00 bits per heavy atom. The maximum Gasteiger partial charge on any atom is 0.420 e. The first-order valence-electron chi connectivity index (χ1n) is 8.83. The monoisotopic (exact) mass is 432 g/mol.